The van der Waals surface area contributed by atoms with Crippen LogP contribution in [0.5, 0.6) is 23.0 Å². The Labute approximate surface area is 345 Å². The summed E-state index contributed by atoms with van der Waals surface area (Å²) < 4.78 is 29.3. The second-order valence-corrected chi connectivity index (χ2v) is 28.9. The van der Waals surface area contributed by atoms with E-state index in [9.17, 15) is 0 Å². The molecule has 0 saturated carbocycles. The van der Waals surface area contributed by atoms with Gasteiger partial charge >= 0.3 is 0 Å². The second-order valence-electron chi connectivity index (χ2n) is 17.0. The number of hydrogen-bond donors (Lipinski definition) is 0. The van der Waals surface area contributed by atoms with Gasteiger partial charge in [-0.05, 0) is 72.2 Å². The third-order valence-corrected chi connectivity index (χ3v) is 14.9. The van der Waals surface area contributed by atoms with Crippen molar-refractivity contribution in [3.63, 3.8) is 0 Å². The van der Waals surface area contributed by atoms with Crippen LogP contribution in [0.25, 0.3) is 0 Å². The van der Waals surface area contributed by atoms with E-state index in [1.54, 1.807) is 0 Å². The van der Waals surface area contributed by atoms with Crippen LogP contribution in [0.1, 0.15) is 97.9 Å². The van der Waals surface area contributed by atoms with E-state index >= 15 is 0 Å². The number of benzene rings is 4. The summed E-state index contributed by atoms with van der Waals surface area (Å²) in [4.78, 5) is 0. The molecule has 0 N–H and O–H groups in total. The van der Waals surface area contributed by atoms with E-state index in [4.69, 9.17) is 18.9 Å². The molecule has 0 heterocycles. The van der Waals surface area contributed by atoms with Crippen LogP contribution in [-0.2, 0) is 25.7 Å². The minimum atomic E-state index is -1.73. The van der Waals surface area contributed by atoms with Gasteiger partial charge in [0.1, 0.15) is 23.0 Å². The minimum Gasteiger partial charge on any atom is -0.493 e. The Morgan fingerprint density at radius 3 is 0.778 bits per heavy atom. The molecule has 0 spiro atoms. The van der Waals surface area contributed by atoms with E-state index in [1.165, 1.54) is 54.9 Å². The maximum atomic E-state index is 6.81. The second kappa shape index (κ2) is 18.6. The Hall–Kier alpha value is -2.53. The maximum absolute atomic E-state index is 6.81. The standard InChI is InChI=1S/C46H62Br2O4Si2/c1-11-15-49-43-31-19-35-27-41(53(5,6)7)29-37(45(35)51-17-13-3)21-33-25-40(48)26-34(44(33)50-16-12-2)22-38-30-42(54(8,9)10)28-36(46(38)52-18-14-4)20-32(43)24-39(47)23-31/h23-30H,11-22H2,1-10H3. The fourth-order valence-electron chi connectivity index (χ4n) is 7.23. The number of hydrogen-bond acceptors (Lipinski definition) is 4. The van der Waals surface area contributed by atoms with Crippen molar-refractivity contribution in [1.29, 1.82) is 0 Å². The van der Waals surface area contributed by atoms with Gasteiger partial charge in [0, 0.05) is 56.9 Å². The number of fused-ring (bicyclic) bond motifs is 8. The zero-order valence-corrected chi connectivity index (χ0v) is 39.7. The lowest BCUT2D eigenvalue weighted by molar-refractivity contribution is 0.304. The summed E-state index contributed by atoms with van der Waals surface area (Å²) in [5, 5.41) is 2.86. The predicted molar refractivity (Wildman–Crippen MR) is 241 cm³/mol. The summed E-state index contributed by atoms with van der Waals surface area (Å²) in [6.45, 7) is 26.0. The van der Waals surface area contributed by atoms with Crippen LogP contribution in [-0.4, -0.2) is 42.6 Å². The Bertz CT molecular complexity index is 1690. The monoisotopic (exact) mass is 892 g/mol. The fraction of sp³-hybridized carbons (Fsp3) is 0.478. The highest BCUT2D eigenvalue weighted by molar-refractivity contribution is 9.10. The Kier molecular flexibility index (Phi) is 14.7. The smallest absolute Gasteiger partial charge is 0.126 e. The van der Waals surface area contributed by atoms with E-state index in [1.807, 2.05) is 0 Å². The molecule has 4 aromatic rings. The SMILES string of the molecule is CCCOc1c2cc(Br)cc1Cc1cc([Si](C)(C)C)cc(c1OCCC)Cc1cc(Br)cc(c1OCCC)Cc1cc([Si](C)(C)C)cc(c1OCCC)C2. The van der Waals surface area contributed by atoms with Crippen LogP contribution in [0.2, 0.25) is 39.3 Å². The molecule has 4 aromatic carbocycles. The third-order valence-electron chi connectivity index (χ3n) is 9.96. The quantitative estimate of drug-likeness (QED) is 0.104. The average molecular weight is 895 g/mol. The van der Waals surface area contributed by atoms with E-state index in [-0.39, 0.29) is 0 Å². The van der Waals surface area contributed by atoms with Crippen molar-refractivity contribution in [3.8, 4) is 23.0 Å². The molecule has 0 unspecified atom stereocenters. The first-order valence-electron chi connectivity index (χ1n) is 20.1. The summed E-state index contributed by atoms with van der Waals surface area (Å²) in [7, 11) is -3.46. The van der Waals surface area contributed by atoms with Crippen molar-refractivity contribution < 1.29 is 18.9 Å². The molecule has 5 rings (SSSR count). The molecular weight excluding hydrogens is 832 g/mol. The molecule has 0 amide bonds. The first-order chi connectivity index (χ1) is 25.7. The van der Waals surface area contributed by atoms with Gasteiger partial charge in [0.15, 0.2) is 0 Å². The van der Waals surface area contributed by atoms with Gasteiger partial charge in [0.25, 0.3) is 0 Å². The van der Waals surface area contributed by atoms with E-state index in [2.05, 4.69) is 147 Å². The molecule has 4 nitrogen and oxygen atoms in total. The van der Waals surface area contributed by atoms with E-state index < -0.39 is 16.1 Å². The Morgan fingerprint density at radius 1 is 0.389 bits per heavy atom. The molecule has 1 aliphatic rings. The fourth-order valence-corrected chi connectivity index (χ4v) is 10.8. The lowest BCUT2D eigenvalue weighted by Crippen LogP contribution is -2.38. The predicted octanol–water partition coefficient (Wildman–Crippen LogP) is 12.1. The lowest BCUT2D eigenvalue weighted by atomic mass is 9.91. The van der Waals surface area contributed by atoms with Crippen molar-refractivity contribution in [1.82, 2.24) is 0 Å². The molecule has 0 aromatic heterocycles. The normalized spacial score (nSPS) is 13.1. The van der Waals surface area contributed by atoms with Crippen molar-refractivity contribution in [2.45, 2.75) is 118 Å². The van der Waals surface area contributed by atoms with Crippen LogP contribution >= 0.6 is 31.9 Å². The topological polar surface area (TPSA) is 36.9 Å². The summed E-state index contributed by atoms with van der Waals surface area (Å²) in [6, 6.07) is 18.8. The molecule has 54 heavy (non-hydrogen) atoms. The molecule has 0 radical (unpaired) electrons. The molecule has 292 valence electrons. The largest absolute Gasteiger partial charge is 0.493 e. The third kappa shape index (κ3) is 10.4. The Morgan fingerprint density at radius 2 is 0.593 bits per heavy atom. The van der Waals surface area contributed by atoms with Gasteiger partial charge in [0.05, 0.1) is 42.6 Å². The molecule has 8 heteroatoms. The van der Waals surface area contributed by atoms with Gasteiger partial charge in [-0.2, -0.15) is 0 Å². The van der Waals surface area contributed by atoms with Gasteiger partial charge in [-0.25, -0.2) is 0 Å². The number of ether oxygens (including phenoxy) is 4. The number of rotatable bonds is 14. The van der Waals surface area contributed by atoms with Gasteiger partial charge in [0.2, 0.25) is 0 Å². The van der Waals surface area contributed by atoms with Crippen LogP contribution in [0, 0.1) is 0 Å². The van der Waals surface area contributed by atoms with Crippen molar-refractivity contribution >= 4 is 58.4 Å². The summed E-state index contributed by atoms with van der Waals surface area (Å²) in [5.74, 6) is 3.97. The zero-order valence-electron chi connectivity index (χ0n) is 34.5. The highest BCUT2D eigenvalue weighted by Crippen LogP contribution is 2.41. The van der Waals surface area contributed by atoms with Crippen LogP contribution in [0.4, 0.5) is 0 Å². The van der Waals surface area contributed by atoms with Crippen LogP contribution in [0.15, 0.2) is 57.5 Å². The van der Waals surface area contributed by atoms with Crippen molar-refractivity contribution in [2.24, 2.45) is 0 Å². The van der Waals surface area contributed by atoms with Gasteiger partial charge < -0.3 is 18.9 Å². The minimum absolute atomic E-state index is 0.657. The maximum Gasteiger partial charge on any atom is 0.126 e. The lowest BCUT2D eigenvalue weighted by Gasteiger charge is -2.27. The molecule has 0 atom stereocenters. The van der Waals surface area contributed by atoms with Crippen molar-refractivity contribution in [3.05, 3.63) is 102 Å². The van der Waals surface area contributed by atoms with Crippen LogP contribution < -0.4 is 29.3 Å². The summed E-state index contributed by atoms with van der Waals surface area (Å²) >= 11 is 7.91. The van der Waals surface area contributed by atoms with E-state index in [0.29, 0.717) is 52.1 Å². The molecule has 8 bridgehead atoms. The Balaban J connectivity index is 1.92. The van der Waals surface area contributed by atoms with Crippen LogP contribution in [0.3, 0.4) is 0 Å². The number of halogens is 2. The van der Waals surface area contributed by atoms with Gasteiger partial charge in [-0.15, -0.1) is 0 Å². The summed E-state index contributed by atoms with van der Waals surface area (Å²) in [6.07, 6.45) is 6.57. The molecular formula is C46H62Br2O4Si2. The van der Waals surface area contributed by atoms with E-state index in [0.717, 1.165) is 57.6 Å². The molecule has 1 aliphatic carbocycles. The average Bonchev–Trinajstić information content (AvgIpc) is 3.09. The molecule has 0 aliphatic heterocycles. The first kappa shape index (κ1) is 42.6. The highest BCUT2D eigenvalue weighted by Gasteiger charge is 2.27. The highest BCUT2D eigenvalue weighted by atomic mass is 79.9. The first-order valence-corrected chi connectivity index (χ1v) is 28.7. The molecule has 0 fully saturated rings. The zero-order chi connectivity index (χ0) is 39.2. The molecule has 0 saturated heterocycles. The van der Waals surface area contributed by atoms with Gasteiger partial charge in [-0.1, -0.05) is 133 Å². The summed E-state index contributed by atoms with van der Waals surface area (Å²) in [5.41, 5.74) is 9.58. The van der Waals surface area contributed by atoms with Crippen molar-refractivity contribution in [2.75, 3.05) is 26.4 Å². The van der Waals surface area contributed by atoms with Gasteiger partial charge in [-0.3, -0.25) is 0 Å².